The zero-order chi connectivity index (χ0) is 16.7. The number of likely N-dealkylation sites (tertiary alicyclic amines) is 1. The van der Waals surface area contributed by atoms with Gasteiger partial charge >= 0.3 is 0 Å². The van der Waals surface area contributed by atoms with Gasteiger partial charge in [-0.3, -0.25) is 4.79 Å². The van der Waals surface area contributed by atoms with Gasteiger partial charge in [0, 0.05) is 24.5 Å². The number of nitrogens with zero attached hydrogens (tertiary/aromatic N) is 2. The third-order valence-corrected chi connectivity index (χ3v) is 5.99. The van der Waals surface area contributed by atoms with E-state index >= 15 is 0 Å². The van der Waals surface area contributed by atoms with Gasteiger partial charge in [0.25, 0.3) is 5.91 Å². The van der Waals surface area contributed by atoms with Gasteiger partial charge in [-0.05, 0) is 51.7 Å². The summed E-state index contributed by atoms with van der Waals surface area (Å²) in [5.41, 5.74) is -0.245. The highest BCUT2D eigenvalue weighted by molar-refractivity contribution is 7.08. The van der Waals surface area contributed by atoms with E-state index in [-0.39, 0.29) is 17.6 Å². The lowest BCUT2D eigenvalue weighted by Crippen LogP contribution is -2.62. The van der Waals surface area contributed by atoms with Crippen molar-refractivity contribution in [1.82, 2.24) is 9.80 Å². The third-order valence-electron chi connectivity index (χ3n) is 5.31. The van der Waals surface area contributed by atoms with Gasteiger partial charge in [0.15, 0.2) is 0 Å². The molecule has 3 rings (SSSR count). The first-order valence-electron chi connectivity index (χ1n) is 8.17. The predicted octanol–water partition coefficient (Wildman–Crippen LogP) is 1.82. The first-order valence-corrected chi connectivity index (χ1v) is 9.12. The van der Waals surface area contributed by atoms with Crippen LogP contribution in [0, 0.1) is 0 Å². The van der Waals surface area contributed by atoms with Gasteiger partial charge in [-0.15, -0.1) is 0 Å². The molecule has 1 aromatic rings. The summed E-state index contributed by atoms with van der Waals surface area (Å²) in [4.78, 5) is 16.5. The fourth-order valence-electron chi connectivity index (χ4n) is 3.80. The molecule has 1 N–H and O–H groups in total. The quantitative estimate of drug-likeness (QED) is 0.894. The Labute approximate surface area is 141 Å². The molecule has 6 heteroatoms. The van der Waals surface area contributed by atoms with E-state index in [9.17, 15) is 9.90 Å². The van der Waals surface area contributed by atoms with Crippen molar-refractivity contribution in [2.24, 2.45) is 0 Å². The van der Waals surface area contributed by atoms with E-state index in [0.29, 0.717) is 6.61 Å². The maximum Gasteiger partial charge on any atom is 0.254 e. The molecule has 1 amide bonds. The normalized spacial score (nSPS) is 30.8. The molecule has 2 atom stereocenters. The Hall–Kier alpha value is -0.950. The minimum absolute atomic E-state index is 0.0791. The second-order valence-corrected chi connectivity index (χ2v) is 8.10. The van der Waals surface area contributed by atoms with Crippen molar-refractivity contribution in [2.75, 3.05) is 33.8 Å². The van der Waals surface area contributed by atoms with Crippen LogP contribution >= 0.6 is 11.3 Å². The van der Waals surface area contributed by atoms with Gasteiger partial charge in [0.1, 0.15) is 5.60 Å². The standard InChI is InChI=1S/C17H26N2O3S/c1-16(21)12-22-17(10-14(16)18(2)3)5-7-19(8-6-17)15(20)13-4-9-23-11-13/h4,9,11,14,21H,5-8,10,12H2,1-3H3/t14-,16-/m0/s1. The van der Waals surface area contributed by atoms with Gasteiger partial charge in [-0.1, -0.05) is 0 Å². The molecule has 5 nitrogen and oxygen atoms in total. The van der Waals surface area contributed by atoms with Crippen LogP contribution in [0.4, 0.5) is 0 Å². The molecule has 128 valence electrons. The van der Waals surface area contributed by atoms with Crippen molar-refractivity contribution in [2.45, 2.75) is 43.4 Å². The number of aliphatic hydroxyl groups is 1. The zero-order valence-electron chi connectivity index (χ0n) is 14.1. The predicted molar refractivity (Wildman–Crippen MR) is 90.9 cm³/mol. The molecule has 3 heterocycles. The van der Waals surface area contributed by atoms with Crippen molar-refractivity contribution in [3.05, 3.63) is 22.4 Å². The van der Waals surface area contributed by atoms with Crippen LogP contribution in [0.5, 0.6) is 0 Å². The monoisotopic (exact) mass is 338 g/mol. The highest BCUT2D eigenvalue weighted by Crippen LogP contribution is 2.39. The molecule has 2 aliphatic heterocycles. The SMILES string of the molecule is CN(C)[C@H]1CC2(CCN(C(=O)c3ccsc3)CC2)OC[C@]1(C)O. The topological polar surface area (TPSA) is 53.0 Å². The summed E-state index contributed by atoms with van der Waals surface area (Å²) >= 11 is 1.55. The van der Waals surface area contributed by atoms with E-state index in [1.54, 1.807) is 11.3 Å². The van der Waals surface area contributed by atoms with Crippen LogP contribution in [0.2, 0.25) is 0 Å². The molecule has 1 aromatic heterocycles. The second-order valence-electron chi connectivity index (χ2n) is 7.32. The van der Waals surface area contributed by atoms with E-state index in [0.717, 1.165) is 37.9 Å². The maximum atomic E-state index is 12.5. The Morgan fingerprint density at radius 2 is 2.13 bits per heavy atom. The van der Waals surface area contributed by atoms with Crippen molar-refractivity contribution < 1.29 is 14.6 Å². The minimum Gasteiger partial charge on any atom is -0.386 e. The molecule has 23 heavy (non-hydrogen) atoms. The number of hydrogen-bond acceptors (Lipinski definition) is 5. The van der Waals surface area contributed by atoms with Crippen molar-refractivity contribution in [3.63, 3.8) is 0 Å². The van der Waals surface area contributed by atoms with Crippen LogP contribution in [-0.2, 0) is 4.74 Å². The number of ether oxygens (including phenoxy) is 1. The highest BCUT2D eigenvalue weighted by atomic mass is 32.1. The number of carbonyl (C=O) groups is 1. The van der Waals surface area contributed by atoms with Gasteiger partial charge in [0.05, 0.1) is 17.8 Å². The number of carbonyl (C=O) groups excluding carboxylic acids is 1. The summed E-state index contributed by atoms with van der Waals surface area (Å²) in [6.45, 7) is 3.64. The number of piperidine rings is 1. The zero-order valence-corrected chi connectivity index (χ0v) is 14.9. The second kappa shape index (κ2) is 6.16. The first-order chi connectivity index (χ1) is 10.8. The van der Waals surface area contributed by atoms with Crippen molar-refractivity contribution in [1.29, 1.82) is 0 Å². The Kier molecular flexibility index (Phi) is 4.53. The molecule has 0 unspecified atom stereocenters. The molecule has 0 bridgehead atoms. The Balaban J connectivity index is 1.65. The fourth-order valence-corrected chi connectivity index (χ4v) is 4.43. The molecule has 2 aliphatic rings. The number of thiophene rings is 1. The van der Waals surface area contributed by atoms with Gasteiger partial charge in [-0.25, -0.2) is 0 Å². The number of likely N-dealkylation sites (N-methyl/N-ethyl adjacent to an activating group) is 1. The van der Waals surface area contributed by atoms with Crippen LogP contribution in [0.25, 0.3) is 0 Å². The number of hydrogen-bond donors (Lipinski definition) is 1. The average Bonchev–Trinajstić information content (AvgIpc) is 3.04. The van der Waals surface area contributed by atoms with Crippen LogP contribution in [0.3, 0.4) is 0 Å². The lowest BCUT2D eigenvalue weighted by molar-refractivity contribution is -0.205. The number of rotatable bonds is 2. The molecule has 2 fully saturated rings. The van der Waals surface area contributed by atoms with E-state index in [2.05, 4.69) is 4.90 Å². The van der Waals surface area contributed by atoms with E-state index < -0.39 is 5.60 Å². The minimum atomic E-state index is -0.821. The smallest absolute Gasteiger partial charge is 0.254 e. The molecule has 0 aromatic carbocycles. The van der Waals surface area contributed by atoms with Crippen LogP contribution in [0.15, 0.2) is 16.8 Å². The maximum absolute atomic E-state index is 12.5. The van der Waals surface area contributed by atoms with Crippen LogP contribution in [-0.4, -0.2) is 71.8 Å². The lowest BCUT2D eigenvalue weighted by Gasteiger charge is -2.52. The van der Waals surface area contributed by atoms with Gasteiger partial charge < -0.3 is 19.6 Å². The van der Waals surface area contributed by atoms with E-state index in [4.69, 9.17) is 4.74 Å². The van der Waals surface area contributed by atoms with E-state index in [1.807, 2.05) is 42.7 Å². The summed E-state index contributed by atoms with van der Waals surface area (Å²) in [6.07, 6.45) is 2.49. The molecule has 0 radical (unpaired) electrons. The fraction of sp³-hybridized carbons (Fsp3) is 0.706. The van der Waals surface area contributed by atoms with Crippen LogP contribution < -0.4 is 0 Å². The summed E-state index contributed by atoms with van der Waals surface area (Å²) in [6, 6.07) is 1.96. The summed E-state index contributed by atoms with van der Waals surface area (Å²) in [7, 11) is 4.01. The summed E-state index contributed by atoms with van der Waals surface area (Å²) in [5.74, 6) is 0.119. The summed E-state index contributed by atoms with van der Waals surface area (Å²) < 4.78 is 6.11. The van der Waals surface area contributed by atoms with Gasteiger partial charge in [0.2, 0.25) is 0 Å². The molecule has 1 spiro atoms. The molecule has 0 aliphatic carbocycles. The molecule has 2 saturated heterocycles. The van der Waals surface area contributed by atoms with E-state index in [1.165, 1.54) is 0 Å². The van der Waals surface area contributed by atoms with Crippen LogP contribution in [0.1, 0.15) is 36.5 Å². The Morgan fingerprint density at radius 1 is 1.43 bits per heavy atom. The van der Waals surface area contributed by atoms with Gasteiger partial charge in [-0.2, -0.15) is 11.3 Å². The Morgan fingerprint density at radius 3 is 2.70 bits per heavy atom. The lowest BCUT2D eigenvalue weighted by atomic mass is 9.77. The third kappa shape index (κ3) is 3.31. The number of amides is 1. The molecule has 0 saturated carbocycles. The molecular formula is C17H26N2O3S. The first kappa shape index (κ1) is 16.9. The Bertz CT molecular complexity index is 548. The summed E-state index contributed by atoms with van der Waals surface area (Å²) in [5, 5.41) is 14.4. The van der Waals surface area contributed by atoms with Crippen molar-refractivity contribution >= 4 is 17.2 Å². The molecular weight excluding hydrogens is 312 g/mol. The average molecular weight is 338 g/mol. The highest BCUT2D eigenvalue weighted by Gasteiger charge is 2.49. The largest absolute Gasteiger partial charge is 0.386 e. The van der Waals surface area contributed by atoms with Crippen molar-refractivity contribution in [3.8, 4) is 0 Å².